The smallest absolute Gasteiger partial charge is 0.261 e. The highest BCUT2D eigenvalue weighted by atomic mass is 19.3. The monoisotopic (exact) mass is 252 g/mol. The molecule has 0 radical (unpaired) electrons. The van der Waals surface area contributed by atoms with Gasteiger partial charge < -0.3 is 15.8 Å². The van der Waals surface area contributed by atoms with Crippen LogP contribution in [0.4, 0.5) is 8.78 Å². The molecule has 0 aliphatic heterocycles. The zero-order valence-corrected chi connectivity index (χ0v) is 10.4. The molecule has 1 atom stereocenters. The minimum absolute atomic E-state index is 0.0175. The van der Waals surface area contributed by atoms with Crippen LogP contribution < -0.4 is 11.1 Å². The number of nitrogens with two attached hydrogens (primary N) is 1. The van der Waals surface area contributed by atoms with Crippen LogP contribution in [0.15, 0.2) is 0 Å². The number of rotatable bonds is 9. The van der Waals surface area contributed by atoms with Crippen molar-refractivity contribution in [2.75, 3.05) is 19.8 Å². The van der Waals surface area contributed by atoms with E-state index < -0.39 is 13.0 Å². The van der Waals surface area contributed by atoms with E-state index in [0.717, 1.165) is 0 Å². The number of alkyl halides is 2. The van der Waals surface area contributed by atoms with Crippen molar-refractivity contribution >= 4 is 5.91 Å². The van der Waals surface area contributed by atoms with Crippen LogP contribution in [0.1, 0.15) is 26.7 Å². The van der Waals surface area contributed by atoms with E-state index in [0.29, 0.717) is 18.9 Å². The molecule has 0 aromatic heterocycles. The Kier molecular flexibility index (Phi) is 8.89. The van der Waals surface area contributed by atoms with Crippen LogP contribution in [0, 0.1) is 5.92 Å². The van der Waals surface area contributed by atoms with E-state index >= 15 is 0 Å². The lowest BCUT2D eigenvalue weighted by Gasteiger charge is -2.21. The van der Waals surface area contributed by atoms with Crippen molar-refractivity contribution in [2.24, 2.45) is 11.7 Å². The van der Waals surface area contributed by atoms with E-state index in [1.54, 1.807) is 0 Å². The SMILES string of the molecule is CC(C)C(CCN)NC(=O)CCOCC(F)F. The summed E-state index contributed by atoms with van der Waals surface area (Å²) in [6.07, 6.45) is -1.68. The lowest BCUT2D eigenvalue weighted by Crippen LogP contribution is -2.40. The average Bonchev–Trinajstić information content (AvgIpc) is 2.23. The highest BCUT2D eigenvalue weighted by Gasteiger charge is 2.15. The van der Waals surface area contributed by atoms with Crippen LogP contribution in [0.2, 0.25) is 0 Å². The van der Waals surface area contributed by atoms with Crippen molar-refractivity contribution in [2.45, 2.75) is 39.2 Å². The summed E-state index contributed by atoms with van der Waals surface area (Å²) in [4.78, 5) is 11.5. The fourth-order valence-corrected chi connectivity index (χ4v) is 1.37. The molecule has 0 spiro atoms. The van der Waals surface area contributed by atoms with Gasteiger partial charge in [-0.05, 0) is 18.9 Å². The lowest BCUT2D eigenvalue weighted by atomic mass is 10.0. The van der Waals surface area contributed by atoms with E-state index in [1.165, 1.54) is 0 Å². The summed E-state index contributed by atoms with van der Waals surface area (Å²) < 4.78 is 28.1. The first-order valence-corrected chi connectivity index (χ1v) is 5.82. The third-order valence-electron chi connectivity index (χ3n) is 2.35. The molecule has 0 bridgehead atoms. The quantitative estimate of drug-likeness (QED) is 0.605. The summed E-state index contributed by atoms with van der Waals surface area (Å²) in [5.41, 5.74) is 5.44. The Morgan fingerprint density at radius 1 is 1.41 bits per heavy atom. The maximum atomic E-state index is 11.7. The fourth-order valence-electron chi connectivity index (χ4n) is 1.37. The molecule has 17 heavy (non-hydrogen) atoms. The number of ether oxygens (including phenoxy) is 1. The molecule has 0 aliphatic carbocycles. The van der Waals surface area contributed by atoms with Crippen LogP contribution in [-0.2, 0) is 9.53 Å². The first-order chi connectivity index (χ1) is 7.97. The van der Waals surface area contributed by atoms with Gasteiger partial charge in [-0.25, -0.2) is 8.78 Å². The molecular formula is C11H22F2N2O2. The van der Waals surface area contributed by atoms with Crippen LogP contribution in [0.25, 0.3) is 0 Å². The molecule has 4 nitrogen and oxygen atoms in total. The maximum absolute atomic E-state index is 11.7. The third-order valence-corrected chi connectivity index (χ3v) is 2.35. The largest absolute Gasteiger partial charge is 0.375 e. The Morgan fingerprint density at radius 3 is 2.53 bits per heavy atom. The minimum atomic E-state index is -2.49. The van der Waals surface area contributed by atoms with Crippen LogP contribution in [0.5, 0.6) is 0 Å². The van der Waals surface area contributed by atoms with E-state index in [2.05, 4.69) is 10.1 Å². The topological polar surface area (TPSA) is 64.3 Å². The van der Waals surface area contributed by atoms with Gasteiger partial charge in [0, 0.05) is 12.5 Å². The molecule has 1 amide bonds. The highest BCUT2D eigenvalue weighted by molar-refractivity contribution is 5.76. The van der Waals surface area contributed by atoms with Crippen LogP contribution in [0.3, 0.4) is 0 Å². The fraction of sp³-hybridized carbons (Fsp3) is 0.909. The number of carbonyl (C=O) groups is 1. The molecule has 3 N–H and O–H groups in total. The van der Waals surface area contributed by atoms with Gasteiger partial charge in [-0.3, -0.25) is 4.79 Å². The van der Waals surface area contributed by atoms with E-state index in [4.69, 9.17) is 5.73 Å². The number of carbonyl (C=O) groups excluding carboxylic acids is 1. The summed E-state index contributed by atoms with van der Waals surface area (Å²) >= 11 is 0. The molecule has 6 heteroatoms. The number of hydrogen-bond donors (Lipinski definition) is 2. The Morgan fingerprint density at radius 2 is 2.06 bits per heavy atom. The second-order valence-electron chi connectivity index (χ2n) is 4.21. The van der Waals surface area contributed by atoms with E-state index in [1.807, 2.05) is 13.8 Å². The molecule has 0 heterocycles. The van der Waals surface area contributed by atoms with Crippen LogP contribution in [-0.4, -0.2) is 38.1 Å². The molecule has 0 rings (SSSR count). The van der Waals surface area contributed by atoms with Crippen LogP contribution >= 0.6 is 0 Å². The molecular weight excluding hydrogens is 230 g/mol. The summed E-state index contributed by atoms with van der Waals surface area (Å²) in [5.74, 6) is 0.107. The van der Waals surface area contributed by atoms with Crippen molar-refractivity contribution in [3.8, 4) is 0 Å². The van der Waals surface area contributed by atoms with Gasteiger partial charge in [0.25, 0.3) is 6.43 Å². The van der Waals surface area contributed by atoms with Crippen molar-refractivity contribution in [1.82, 2.24) is 5.32 Å². The predicted molar refractivity (Wildman–Crippen MR) is 61.9 cm³/mol. The van der Waals surface area contributed by atoms with Gasteiger partial charge in [-0.15, -0.1) is 0 Å². The number of hydrogen-bond acceptors (Lipinski definition) is 3. The second kappa shape index (κ2) is 9.30. The normalized spacial score (nSPS) is 13.1. The summed E-state index contributed by atoms with van der Waals surface area (Å²) in [6, 6.07) is 0.0302. The molecule has 0 fully saturated rings. The van der Waals surface area contributed by atoms with Crippen molar-refractivity contribution < 1.29 is 18.3 Å². The molecule has 0 aliphatic rings. The van der Waals surface area contributed by atoms with Gasteiger partial charge in [-0.2, -0.15) is 0 Å². The van der Waals surface area contributed by atoms with Gasteiger partial charge in [0.05, 0.1) is 6.61 Å². The highest BCUT2D eigenvalue weighted by Crippen LogP contribution is 2.05. The molecule has 102 valence electrons. The number of nitrogens with one attached hydrogen (secondary N) is 1. The zero-order valence-electron chi connectivity index (χ0n) is 10.4. The summed E-state index contributed by atoms with van der Waals surface area (Å²) in [7, 11) is 0. The summed E-state index contributed by atoms with van der Waals surface area (Å²) in [5, 5.41) is 2.82. The van der Waals surface area contributed by atoms with Gasteiger partial charge in [-0.1, -0.05) is 13.8 Å². The molecule has 0 saturated carbocycles. The van der Waals surface area contributed by atoms with Gasteiger partial charge in [0.1, 0.15) is 6.61 Å². The molecule has 0 saturated heterocycles. The summed E-state index contributed by atoms with van der Waals surface area (Å²) in [6.45, 7) is 3.89. The Balaban J connectivity index is 3.75. The average molecular weight is 252 g/mol. The van der Waals surface area contributed by atoms with Gasteiger partial charge >= 0.3 is 0 Å². The second-order valence-corrected chi connectivity index (χ2v) is 4.21. The Hall–Kier alpha value is -0.750. The molecule has 1 unspecified atom stereocenters. The van der Waals surface area contributed by atoms with Gasteiger partial charge in [0.15, 0.2) is 0 Å². The van der Waals surface area contributed by atoms with E-state index in [9.17, 15) is 13.6 Å². The van der Waals surface area contributed by atoms with Crippen molar-refractivity contribution in [3.05, 3.63) is 0 Å². The van der Waals surface area contributed by atoms with Crippen molar-refractivity contribution in [1.29, 1.82) is 0 Å². The third kappa shape index (κ3) is 9.00. The van der Waals surface area contributed by atoms with E-state index in [-0.39, 0.29) is 25.0 Å². The maximum Gasteiger partial charge on any atom is 0.261 e. The standard InChI is InChI=1S/C11H22F2N2O2/c1-8(2)9(3-5-14)15-11(16)4-6-17-7-10(12)13/h8-10H,3-7,14H2,1-2H3,(H,15,16). The molecule has 0 aromatic carbocycles. The van der Waals surface area contributed by atoms with Gasteiger partial charge in [0.2, 0.25) is 5.91 Å². The first-order valence-electron chi connectivity index (χ1n) is 5.82. The molecule has 0 aromatic rings. The number of amides is 1. The Bertz CT molecular complexity index is 214. The minimum Gasteiger partial charge on any atom is -0.375 e. The first kappa shape index (κ1) is 16.2. The van der Waals surface area contributed by atoms with Crippen molar-refractivity contribution in [3.63, 3.8) is 0 Å². The number of halogens is 2. The zero-order chi connectivity index (χ0) is 13.3. The predicted octanol–water partition coefficient (Wildman–Crippen LogP) is 1.15. The Labute approximate surface area is 101 Å². The lowest BCUT2D eigenvalue weighted by molar-refractivity contribution is -0.123.